The molecule has 0 bridgehead atoms. The number of hydrogen-bond acceptors (Lipinski definition) is 4. The summed E-state index contributed by atoms with van der Waals surface area (Å²) in [7, 11) is 0. The lowest BCUT2D eigenvalue weighted by Crippen LogP contribution is -2.02. The molecule has 2 heterocycles. The lowest BCUT2D eigenvalue weighted by molar-refractivity contribution is -0.137. The fourth-order valence-corrected chi connectivity index (χ4v) is 2.82. The fourth-order valence-electron chi connectivity index (χ4n) is 2.82. The average molecular weight is 330 g/mol. The molecule has 0 aromatic carbocycles. The maximum atomic E-state index is 11.8. The van der Waals surface area contributed by atoms with Gasteiger partial charge in [-0.25, -0.2) is 9.59 Å². The normalized spacial score (nSPS) is 22.5. The predicted molar refractivity (Wildman–Crippen MR) is 93.3 cm³/mol. The molecule has 0 amide bonds. The van der Waals surface area contributed by atoms with Crippen molar-refractivity contribution in [2.75, 3.05) is 6.61 Å². The van der Waals surface area contributed by atoms with Crippen LogP contribution in [-0.2, 0) is 19.1 Å². The highest BCUT2D eigenvalue weighted by Gasteiger charge is 2.26. The van der Waals surface area contributed by atoms with Crippen LogP contribution in [-0.4, -0.2) is 24.6 Å². The minimum Gasteiger partial charge on any atom is -0.458 e. The molecule has 1 atom stereocenters. The summed E-state index contributed by atoms with van der Waals surface area (Å²) in [4.78, 5) is 22.8. The summed E-state index contributed by atoms with van der Waals surface area (Å²) in [6, 6.07) is 0. The van der Waals surface area contributed by atoms with Crippen LogP contribution in [0.25, 0.3) is 0 Å². The van der Waals surface area contributed by atoms with Crippen molar-refractivity contribution in [3.63, 3.8) is 0 Å². The van der Waals surface area contributed by atoms with Crippen molar-refractivity contribution in [1.82, 2.24) is 0 Å². The van der Waals surface area contributed by atoms with Crippen LogP contribution >= 0.6 is 0 Å². The Hall–Kier alpha value is -2.10. The van der Waals surface area contributed by atoms with Crippen LogP contribution < -0.4 is 0 Å². The van der Waals surface area contributed by atoms with Crippen molar-refractivity contribution < 1.29 is 19.1 Å². The first-order valence-electron chi connectivity index (χ1n) is 8.51. The van der Waals surface area contributed by atoms with E-state index in [0.717, 1.165) is 42.4 Å². The Bertz CT molecular complexity index is 616. The van der Waals surface area contributed by atoms with Crippen molar-refractivity contribution in [2.24, 2.45) is 0 Å². The van der Waals surface area contributed by atoms with Crippen LogP contribution in [0.4, 0.5) is 0 Å². The van der Waals surface area contributed by atoms with Crippen LogP contribution in [0.5, 0.6) is 0 Å². The Morgan fingerprint density at radius 2 is 2.04 bits per heavy atom. The maximum absolute atomic E-state index is 11.8. The summed E-state index contributed by atoms with van der Waals surface area (Å²) in [6.45, 7) is 6.55. The molecule has 130 valence electrons. The smallest absolute Gasteiger partial charge is 0.334 e. The Morgan fingerprint density at radius 3 is 2.71 bits per heavy atom. The van der Waals surface area contributed by atoms with Gasteiger partial charge in [0.15, 0.2) is 0 Å². The summed E-state index contributed by atoms with van der Waals surface area (Å²) >= 11 is 0. The van der Waals surface area contributed by atoms with Gasteiger partial charge in [0.1, 0.15) is 12.7 Å². The second kappa shape index (κ2) is 8.67. The zero-order valence-electron chi connectivity index (χ0n) is 14.8. The Labute approximate surface area is 143 Å². The molecular weight excluding hydrogens is 304 g/mol. The molecule has 4 heteroatoms. The zero-order chi connectivity index (χ0) is 17.5. The molecule has 2 aliphatic heterocycles. The third-order valence-electron chi connectivity index (χ3n) is 4.07. The SMILES string of the molecule is CC(C)=C[C@@H]1C/C(=C\CC/C(C)=C/CCC2=CC(=O)OC2)C(=O)O1. The Morgan fingerprint density at radius 1 is 1.25 bits per heavy atom. The van der Waals surface area contributed by atoms with E-state index < -0.39 is 0 Å². The van der Waals surface area contributed by atoms with Crippen molar-refractivity contribution in [3.8, 4) is 0 Å². The van der Waals surface area contributed by atoms with Crippen LogP contribution in [0.15, 0.2) is 46.6 Å². The highest BCUT2D eigenvalue weighted by atomic mass is 16.5. The van der Waals surface area contributed by atoms with Crippen LogP contribution in [0.3, 0.4) is 0 Å². The van der Waals surface area contributed by atoms with E-state index in [-0.39, 0.29) is 18.0 Å². The van der Waals surface area contributed by atoms with Gasteiger partial charge in [-0.15, -0.1) is 0 Å². The van der Waals surface area contributed by atoms with E-state index in [1.165, 1.54) is 5.57 Å². The van der Waals surface area contributed by atoms with E-state index in [4.69, 9.17) is 9.47 Å². The molecule has 4 nitrogen and oxygen atoms in total. The summed E-state index contributed by atoms with van der Waals surface area (Å²) in [5.41, 5.74) is 4.31. The van der Waals surface area contributed by atoms with Gasteiger partial charge in [0.2, 0.25) is 0 Å². The van der Waals surface area contributed by atoms with Gasteiger partial charge < -0.3 is 9.47 Å². The third kappa shape index (κ3) is 5.84. The van der Waals surface area contributed by atoms with Gasteiger partial charge in [0.25, 0.3) is 0 Å². The number of esters is 2. The largest absolute Gasteiger partial charge is 0.458 e. The topological polar surface area (TPSA) is 52.6 Å². The highest BCUT2D eigenvalue weighted by Crippen LogP contribution is 2.23. The minimum absolute atomic E-state index is 0.102. The molecule has 1 saturated heterocycles. The quantitative estimate of drug-likeness (QED) is 0.399. The second-order valence-electron chi connectivity index (χ2n) is 6.66. The van der Waals surface area contributed by atoms with Gasteiger partial charge in [-0.1, -0.05) is 23.3 Å². The van der Waals surface area contributed by atoms with Gasteiger partial charge in [-0.3, -0.25) is 0 Å². The third-order valence-corrected chi connectivity index (χ3v) is 4.07. The van der Waals surface area contributed by atoms with E-state index in [0.29, 0.717) is 13.0 Å². The lowest BCUT2D eigenvalue weighted by Gasteiger charge is -2.01. The summed E-state index contributed by atoms with van der Waals surface area (Å²) in [5.74, 6) is -0.413. The molecule has 2 rings (SSSR count). The molecule has 0 N–H and O–H groups in total. The van der Waals surface area contributed by atoms with Crippen LogP contribution in [0.2, 0.25) is 0 Å². The van der Waals surface area contributed by atoms with Gasteiger partial charge in [-0.2, -0.15) is 0 Å². The number of carbonyl (C=O) groups excluding carboxylic acids is 2. The van der Waals surface area contributed by atoms with E-state index in [9.17, 15) is 9.59 Å². The molecule has 0 aromatic rings. The van der Waals surface area contributed by atoms with Gasteiger partial charge in [0, 0.05) is 18.1 Å². The first-order chi connectivity index (χ1) is 11.4. The van der Waals surface area contributed by atoms with E-state index in [1.807, 2.05) is 26.0 Å². The van der Waals surface area contributed by atoms with E-state index in [1.54, 1.807) is 6.08 Å². The predicted octanol–water partition coefficient (Wildman–Crippen LogP) is 4.18. The van der Waals surface area contributed by atoms with E-state index >= 15 is 0 Å². The molecule has 0 saturated carbocycles. The van der Waals surface area contributed by atoms with Crippen molar-refractivity contribution in [3.05, 3.63) is 46.6 Å². The fraction of sp³-hybridized carbons (Fsp3) is 0.500. The number of hydrogen-bond donors (Lipinski definition) is 0. The summed E-state index contributed by atoms with van der Waals surface area (Å²) in [5, 5.41) is 0. The number of rotatable bonds is 7. The second-order valence-corrected chi connectivity index (χ2v) is 6.66. The first-order valence-corrected chi connectivity index (χ1v) is 8.51. The van der Waals surface area contributed by atoms with Crippen molar-refractivity contribution in [1.29, 1.82) is 0 Å². The highest BCUT2D eigenvalue weighted by molar-refractivity contribution is 5.90. The average Bonchev–Trinajstić information content (AvgIpc) is 3.05. The number of cyclic esters (lactones) is 2. The van der Waals surface area contributed by atoms with Gasteiger partial charge >= 0.3 is 11.9 Å². The Kier molecular flexibility index (Phi) is 6.59. The molecule has 2 aliphatic rings. The first kappa shape index (κ1) is 18.2. The molecule has 1 fully saturated rings. The number of carbonyl (C=O) groups is 2. The van der Waals surface area contributed by atoms with Gasteiger partial charge in [-0.05, 0) is 58.1 Å². The number of ether oxygens (including phenoxy) is 2. The summed E-state index contributed by atoms with van der Waals surface area (Å²) in [6.07, 6.45) is 11.9. The van der Waals surface area contributed by atoms with Gasteiger partial charge in [0.05, 0.1) is 0 Å². The molecule has 0 aliphatic carbocycles. The van der Waals surface area contributed by atoms with E-state index in [2.05, 4.69) is 13.0 Å². The zero-order valence-corrected chi connectivity index (χ0v) is 14.8. The van der Waals surface area contributed by atoms with Crippen molar-refractivity contribution in [2.45, 2.75) is 59.0 Å². The standard InChI is InChI=1S/C20H26O4/c1-14(2)10-18-12-17(20(22)24-18)9-5-7-15(3)6-4-8-16-11-19(21)23-13-16/h6,9-11,18H,4-5,7-8,12-13H2,1-3H3/b15-6+,17-9+/t18-/m1/s1. The minimum atomic E-state index is -0.229. The monoisotopic (exact) mass is 330 g/mol. The molecule has 0 aromatic heterocycles. The molecule has 0 spiro atoms. The molecule has 0 unspecified atom stereocenters. The molecule has 24 heavy (non-hydrogen) atoms. The molecular formula is C20H26O4. The Balaban J connectivity index is 1.73. The van der Waals surface area contributed by atoms with Crippen molar-refractivity contribution >= 4 is 11.9 Å². The number of allylic oxidation sites excluding steroid dienone is 4. The molecule has 0 radical (unpaired) electrons. The maximum Gasteiger partial charge on any atom is 0.334 e. The summed E-state index contributed by atoms with van der Waals surface area (Å²) < 4.78 is 10.2. The van der Waals surface area contributed by atoms with Crippen LogP contribution in [0.1, 0.15) is 52.9 Å². The van der Waals surface area contributed by atoms with Crippen LogP contribution in [0, 0.1) is 0 Å². The lowest BCUT2D eigenvalue weighted by atomic mass is 10.0.